The average Bonchev–Trinajstić information content (AvgIpc) is 2.63. The zero-order valence-corrected chi connectivity index (χ0v) is 13.6. The average molecular weight is 324 g/mol. The molecule has 0 saturated carbocycles. The fraction of sp³-hybridized carbons (Fsp3) is 0.0556. The third-order valence-electron chi connectivity index (χ3n) is 2.71. The molecular weight excluding hydrogens is 308 g/mol. The normalized spacial score (nSPS) is 12.3. The number of rotatable bonds is 3. The minimum atomic E-state index is 0.715. The molecule has 22 heavy (non-hydrogen) atoms. The number of benzene rings is 2. The van der Waals surface area contributed by atoms with Crippen LogP contribution < -0.4 is 0 Å². The maximum atomic E-state index is 8.19. The first-order chi connectivity index (χ1) is 10.9. The zero-order chi connectivity index (χ0) is 15.5. The molecule has 0 N–H and O–H groups in total. The smallest absolute Gasteiger partial charge is 0.295 e. The second-order valence-electron chi connectivity index (χ2n) is 4.38. The highest BCUT2D eigenvalue weighted by Gasteiger charge is 2.00. The van der Waals surface area contributed by atoms with E-state index in [0.717, 1.165) is 6.42 Å². The monoisotopic (exact) mass is 324 g/mol. The van der Waals surface area contributed by atoms with Crippen LogP contribution in [-0.4, -0.2) is 10.5 Å². The third kappa shape index (κ3) is 6.19. The number of hydrogen-bond acceptors (Lipinski definition) is 2. The molecule has 0 unspecified atom stereocenters. The molecule has 0 bridgehead atoms. The molecule has 0 radical (unpaired) electrons. The zero-order valence-electron chi connectivity index (χ0n) is 12.0. The molecule has 1 aliphatic rings. The predicted octanol–water partition coefficient (Wildman–Crippen LogP) is 5.66. The van der Waals surface area contributed by atoms with Crippen LogP contribution in [0.5, 0.6) is 0 Å². The van der Waals surface area contributed by atoms with Crippen LogP contribution in [0.4, 0.5) is 0 Å². The van der Waals surface area contributed by atoms with Crippen LogP contribution in [0.3, 0.4) is 0 Å². The van der Waals surface area contributed by atoms with E-state index in [4.69, 9.17) is 5.53 Å². The Labute approximate surface area is 139 Å². The molecule has 0 atom stereocenters. The fourth-order valence-corrected chi connectivity index (χ4v) is 3.60. The Morgan fingerprint density at radius 2 is 1.32 bits per heavy atom. The first-order valence-electron chi connectivity index (χ1n) is 6.87. The lowest BCUT2D eigenvalue weighted by Gasteiger charge is -1.99. The first-order valence-corrected chi connectivity index (χ1v) is 9.02. The summed E-state index contributed by atoms with van der Waals surface area (Å²) in [5, 5.41) is 0. The minimum Gasteiger partial charge on any atom is -0.361 e. The van der Waals surface area contributed by atoms with Gasteiger partial charge in [-0.05, 0) is 24.3 Å². The molecule has 1 aliphatic carbocycles. The molecule has 0 aromatic heterocycles. The largest absolute Gasteiger partial charge is 0.361 e. The summed E-state index contributed by atoms with van der Waals surface area (Å²) in [5.41, 5.74) is 8.91. The van der Waals surface area contributed by atoms with Crippen LogP contribution >= 0.6 is 21.6 Å². The number of hydrogen-bond donors (Lipinski definition) is 0. The van der Waals surface area contributed by atoms with Crippen LogP contribution in [-0.2, 0) is 0 Å². The lowest BCUT2D eigenvalue weighted by Crippen LogP contribution is -1.93. The van der Waals surface area contributed by atoms with Gasteiger partial charge in [0.05, 0.1) is 6.42 Å². The molecule has 110 valence electrons. The molecular formula is C18H16N2S2. The van der Waals surface area contributed by atoms with Gasteiger partial charge >= 0.3 is 0 Å². The highest BCUT2D eigenvalue weighted by Crippen LogP contribution is 2.36. The standard InChI is InChI=1S/C12H10S2.C6H6N2/c1-3-7-11(8-4-1)13-14-12-9-5-2-6-10-12;7-8-6-4-2-1-3-5-6/h1-10H;1-4H,5H2. The van der Waals surface area contributed by atoms with Gasteiger partial charge in [-0.15, -0.1) is 0 Å². The molecule has 2 aromatic rings. The number of allylic oxidation sites excluding steroid dienone is 4. The summed E-state index contributed by atoms with van der Waals surface area (Å²) >= 11 is 0. The van der Waals surface area contributed by atoms with Gasteiger partial charge in [-0.2, -0.15) is 4.79 Å². The second kappa shape index (κ2) is 9.85. The van der Waals surface area contributed by atoms with Crippen molar-refractivity contribution in [1.29, 1.82) is 0 Å². The van der Waals surface area contributed by atoms with Gasteiger partial charge in [-0.3, -0.25) is 0 Å². The van der Waals surface area contributed by atoms with E-state index in [1.807, 2.05) is 30.4 Å². The molecule has 4 heteroatoms. The van der Waals surface area contributed by atoms with Crippen molar-refractivity contribution in [2.45, 2.75) is 16.2 Å². The van der Waals surface area contributed by atoms with Crippen molar-refractivity contribution < 1.29 is 4.79 Å². The maximum Gasteiger partial charge on any atom is 0.295 e. The van der Waals surface area contributed by atoms with Crippen molar-refractivity contribution in [1.82, 2.24) is 0 Å². The van der Waals surface area contributed by atoms with Gasteiger partial charge in [-0.25, -0.2) is 0 Å². The molecule has 0 spiro atoms. The van der Waals surface area contributed by atoms with Gasteiger partial charge in [-0.1, -0.05) is 76.2 Å². The van der Waals surface area contributed by atoms with Crippen LogP contribution in [0.2, 0.25) is 0 Å². The first kappa shape index (κ1) is 16.4. The minimum absolute atomic E-state index is 0.715. The predicted molar refractivity (Wildman–Crippen MR) is 96.1 cm³/mol. The molecule has 3 rings (SSSR count). The summed E-state index contributed by atoms with van der Waals surface area (Å²) < 4.78 is 0. The van der Waals surface area contributed by atoms with Crippen molar-refractivity contribution in [3.63, 3.8) is 0 Å². The summed E-state index contributed by atoms with van der Waals surface area (Å²) in [6.07, 6.45) is 8.23. The van der Waals surface area contributed by atoms with Crippen molar-refractivity contribution in [2.75, 3.05) is 0 Å². The van der Waals surface area contributed by atoms with Crippen molar-refractivity contribution in [3.05, 3.63) is 90.5 Å². The quantitative estimate of drug-likeness (QED) is 0.415. The Hall–Kier alpha value is -2.00. The van der Waals surface area contributed by atoms with E-state index in [-0.39, 0.29) is 0 Å². The van der Waals surface area contributed by atoms with Crippen molar-refractivity contribution in [2.24, 2.45) is 0 Å². The van der Waals surface area contributed by atoms with Gasteiger partial charge in [0.1, 0.15) is 0 Å². The van der Waals surface area contributed by atoms with Gasteiger partial charge in [0.25, 0.3) is 5.71 Å². The molecule has 0 saturated heterocycles. The summed E-state index contributed by atoms with van der Waals surface area (Å²) in [4.78, 5) is 5.61. The van der Waals surface area contributed by atoms with E-state index in [1.165, 1.54) is 9.79 Å². The maximum absolute atomic E-state index is 8.19. The SMILES string of the molecule is [N-]=[N+]=C1C=CC=CC1.c1ccc(SSc2ccccc2)cc1. The van der Waals surface area contributed by atoms with Gasteiger partial charge in [0.2, 0.25) is 0 Å². The van der Waals surface area contributed by atoms with Crippen LogP contribution in [0.1, 0.15) is 6.42 Å². The molecule has 0 heterocycles. The van der Waals surface area contributed by atoms with Gasteiger partial charge in [0, 0.05) is 15.9 Å². The molecule has 2 aromatic carbocycles. The van der Waals surface area contributed by atoms with E-state index in [0.29, 0.717) is 5.71 Å². The Morgan fingerprint density at radius 1 is 0.773 bits per heavy atom. The molecule has 2 nitrogen and oxygen atoms in total. The molecule has 0 aliphatic heterocycles. The summed E-state index contributed by atoms with van der Waals surface area (Å²) in [7, 11) is 3.58. The topological polar surface area (TPSA) is 36.4 Å². The van der Waals surface area contributed by atoms with E-state index < -0.39 is 0 Å². The van der Waals surface area contributed by atoms with Gasteiger partial charge < -0.3 is 5.53 Å². The summed E-state index contributed by atoms with van der Waals surface area (Å²) in [6, 6.07) is 20.8. The van der Waals surface area contributed by atoms with E-state index in [9.17, 15) is 0 Å². The van der Waals surface area contributed by atoms with Crippen molar-refractivity contribution >= 4 is 27.3 Å². The Morgan fingerprint density at radius 3 is 1.68 bits per heavy atom. The molecule has 0 fully saturated rings. The summed E-state index contributed by atoms with van der Waals surface area (Å²) in [6.45, 7) is 0. The highest BCUT2D eigenvalue weighted by atomic mass is 33.1. The Kier molecular flexibility index (Phi) is 7.33. The van der Waals surface area contributed by atoms with E-state index >= 15 is 0 Å². The lowest BCUT2D eigenvalue weighted by atomic mass is 10.2. The van der Waals surface area contributed by atoms with Gasteiger partial charge in [0.15, 0.2) is 0 Å². The second-order valence-corrected chi connectivity index (χ2v) is 6.65. The fourth-order valence-electron chi connectivity index (χ4n) is 1.62. The number of nitrogens with zero attached hydrogens (tertiary/aromatic N) is 2. The Bertz CT molecular complexity index is 633. The molecule has 0 amide bonds. The highest BCUT2D eigenvalue weighted by molar-refractivity contribution is 8.76. The Balaban J connectivity index is 0.000000188. The lowest BCUT2D eigenvalue weighted by molar-refractivity contribution is -0.00537. The van der Waals surface area contributed by atoms with Crippen molar-refractivity contribution in [3.8, 4) is 0 Å². The van der Waals surface area contributed by atoms with Crippen LogP contribution in [0.15, 0.2) is 94.8 Å². The third-order valence-corrected chi connectivity index (χ3v) is 5.13. The van der Waals surface area contributed by atoms with Crippen LogP contribution in [0, 0.1) is 0 Å². The van der Waals surface area contributed by atoms with Crippen LogP contribution in [0.25, 0.3) is 5.53 Å². The van der Waals surface area contributed by atoms with E-state index in [2.05, 4.69) is 53.3 Å². The van der Waals surface area contributed by atoms with E-state index in [1.54, 1.807) is 27.7 Å². The summed E-state index contributed by atoms with van der Waals surface area (Å²) in [5.74, 6) is 0.